The van der Waals surface area contributed by atoms with Crippen LogP contribution in [0.1, 0.15) is 66.8 Å². The second-order valence-electron chi connectivity index (χ2n) is 7.53. The van der Waals surface area contributed by atoms with Gasteiger partial charge in [-0.2, -0.15) is 0 Å². The Kier molecular flexibility index (Phi) is 5.03. The van der Waals surface area contributed by atoms with Crippen molar-refractivity contribution in [2.24, 2.45) is 9.50 Å². The molecule has 0 aromatic carbocycles. The first-order chi connectivity index (χ1) is 13.3. The number of fused-ring (bicyclic) bond motifs is 2. The molecule has 0 saturated heterocycles. The van der Waals surface area contributed by atoms with Crippen LogP contribution in [0.25, 0.3) is 0 Å². The van der Waals surface area contributed by atoms with Crippen LogP contribution >= 0.6 is 11.3 Å². The highest BCUT2D eigenvalue weighted by atomic mass is 32.2. The third kappa shape index (κ3) is 3.47. The first kappa shape index (κ1) is 19.5. The lowest BCUT2D eigenvalue weighted by Gasteiger charge is -2.15. The summed E-state index contributed by atoms with van der Waals surface area (Å²) in [5.74, 6) is 0.372. The van der Waals surface area contributed by atoms with E-state index in [0.717, 1.165) is 71.6 Å². The quantitative estimate of drug-likeness (QED) is 0.702. The maximum atomic E-state index is 12.8. The highest BCUT2D eigenvalue weighted by Gasteiger charge is 2.30. The van der Waals surface area contributed by atoms with E-state index in [9.17, 15) is 14.1 Å². The summed E-state index contributed by atoms with van der Waals surface area (Å²) >= 11 is 1.13. The summed E-state index contributed by atoms with van der Waals surface area (Å²) in [6.07, 6.45) is 3.99. The summed E-state index contributed by atoms with van der Waals surface area (Å²) in [5.41, 5.74) is 5.66. The summed E-state index contributed by atoms with van der Waals surface area (Å²) in [7, 11) is -3.38. The molecule has 2 aromatic heterocycles. The fourth-order valence-corrected chi connectivity index (χ4v) is 6.17. The van der Waals surface area contributed by atoms with Gasteiger partial charge >= 0.3 is 6.03 Å². The normalized spacial score (nSPS) is 20.9. The lowest BCUT2D eigenvalue weighted by Crippen LogP contribution is -2.18. The second-order valence-corrected chi connectivity index (χ2v) is 10.5. The Morgan fingerprint density at radius 2 is 2.21 bits per heavy atom. The van der Waals surface area contributed by atoms with Gasteiger partial charge < -0.3 is 10.4 Å². The molecule has 2 amide bonds. The standard InChI is InChI=1S/C19H24N4O3S2/c1-10-6-7-14-17(10)21-15-5-3-4-13(15)18(14)22-19(25)23-28(20,26)16-8-12(9-27-16)11(2)24/h8-11,24H,3-7H2,1-2H3,(H3,20,21,22,23,25,26)/t10-,11-,28?/m1/s1. The number of anilines is 1. The molecule has 150 valence electrons. The summed E-state index contributed by atoms with van der Waals surface area (Å²) in [5, 5.41) is 20.0. The van der Waals surface area contributed by atoms with Crippen molar-refractivity contribution >= 4 is 33.0 Å². The van der Waals surface area contributed by atoms with E-state index in [1.165, 1.54) is 6.07 Å². The molecular formula is C19H24N4O3S2. The van der Waals surface area contributed by atoms with Crippen LogP contribution in [0, 0.1) is 0 Å². The van der Waals surface area contributed by atoms with Crippen molar-refractivity contribution in [3.05, 3.63) is 39.5 Å². The van der Waals surface area contributed by atoms with Gasteiger partial charge in [0.2, 0.25) is 0 Å². The number of amides is 2. The molecule has 9 heteroatoms. The molecule has 0 aliphatic heterocycles. The number of nitrogens with two attached hydrogens (primary N) is 1. The molecule has 2 aliphatic rings. The summed E-state index contributed by atoms with van der Waals surface area (Å²) in [4.78, 5) is 17.5. The SMILES string of the molecule is C[C@@H]1CCc2c1nc1c(c2NC(=O)N=S(N)(=O)c2cc([C@@H](C)O)cs2)CCC1. The van der Waals surface area contributed by atoms with E-state index < -0.39 is 22.1 Å². The Balaban J connectivity index is 1.67. The molecule has 1 unspecified atom stereocenters. The lowest BCUT2D eigenvalue weighted by molar-refractivity contribution is 0.199. The third-order valence-corrected chi connectivity index (χ3v) is 8.34. The van der Waals surface area contributed by atoms with Crippen molar-refractivity contribution in [1.29, 1.82) is 0 Å². The number of aliphatic hydroxyl groups excluding tert-OH is 1. The van der Waals surface area contributed by atoms with Gasteiger partial charge in [-0.3, -0.25) is 4.98 Å². The minimum atomic E-state index is -3.38. The Labute approximate surface area is 168 Å². The predicted octanol–water partition coefficient (Wildman–Crippen LogP) is 3.67. The highest BCUT2D eigenvalue weighted by molar-refractivity contribution is 7.93. The zero-order valence-electron chi connectivity index (χ0n) is 15.9. The molecular weight excluding hydrogens is 396 g/mol. The Morgan fingerprint density at radius 3 is 2.93 bits per heavy atom. The summed E-state index contributed by atoms with van der Waals surface area (Å²) in [6.45, 7) is 3.76. The molecule has 0 radical (unpaired) electrons. The van der Waals surface area contributed by atoms with Crippen molar-refractivity contribution in [1.82, 2.24) is 4.98 Å². The number of thiophene rings is 1. The fraction of sp³-hybridized carbons (Fsp3) is 0.474. The minimum Gasteiger partial charge on any atom is -0.389 e. The first-order valence-electron chi connectivity index (χ1n) is 9.43. The van der Waals surface area contributed by atoms with Gasteiger partial charge in [0.05, 0.1) is 11.8 Å². The number of hydrogen-bond donors (Lipinski definition) is 3. The number of carbonyl (C=O) groups is 1. The number of carbonyl (C=O) groups excluding carboxylic acids is 1. The van der Waals surface area contributed by atoms with E-state index in [-0.39, 0.29) is 4.21 Å². The molecule has 4 rings (SSSR count). The summed E-state index contributed by atoms with van der Waals surface area (Å²) in [6, 6.07) is 0.833. The number of rotatable bonds is 3. The van der Waals surface area contributed by atoms with Crippen LogP contribution < -0.4 is 10.5 Å². The predicted molar refractivity (Wildman–Crippen MR) is 110 cm³/mol. The zero-order valence-corrected chi connectivity index (χ0v) is 17.5. The number of nitrogens with zero attached hydrogens (tertiary/aromatic N) is 2. The second kappa shape index (κ2) is 7.22. The van der Waals surface area contributed by atoms with Gasteiger partial charge in [0.25, 0.3) is 0 Å². The van der Waals surface area contributed by atoms with Crippen molar-refractivity contribution in [2.75, 3.05) is 5.32 Å². The van der Waals surface area contributed by atoms with Crippen LogP contribution in [0.3, 0.4) is 0 Å². The number of pyridine rings is 1. The Morgan fingerprint density at radius 1 is 1.43 bits per heavy atom. The number of aromatic nitrogens is 1. The van der Waals surface area contributed by atoms with Crippen LogP contribution in [0.2, 0.25) is 0 Å². The molecule has 28 heavy (non-hydrogen) atoms. The van der Waals surface area contributed by atoms with Crippen LogP contribution in [0.15, 0.2) is 20.0 Å². The fourth-order valence-electron chi connectivity index (χ4n) is 3.95. The Hall–Kier alpha value is -1.81. The average Bonchev–Trinajstić information content (AvgIpc) is 3.34. The van der Waals surface area contributed by atoms with Gasteiger partial charge in [-0.25, -0.2) is 14.1 Å². The molecule has 2 aliphatic carbocycles. The van der Waals surface area contributed by atoms with E-state index in [2.05, 4.69) is 16.6 Å². The number of nitrogens with one attached hydrogen (secondary N) is 1. The van der Waals surface area contributed by atoms with Crippen LogP contribution in [-0.2, 0) is 29.2 Å². The maximum absolute atomic E-state index is 12.8. The number of urea groups is 1. The third-order valence-electron chi connectivity index (χ3n) is 5.47. The topological polar surface area (TPSA) is 118 Å². The molecule has 2 heterocycles. The highest BCUT2D eigenvalue weighted by Crippen LogP contribution is 2.41. The van der Waals surface area contributed by atoms with Crippen LogP contribution in [0.4, 0.5) is 10.5 Å². The van der Waals surface area contributed by atoms with Crippen molar-refractivity contribution in [2.45, 2.75) is 62.2 Å². The van der Waals surface area contributed by atoms with E-state index in [1.54, 1.807) is 12.3 Å². The maximum Gasteiger partial charge on any atom is 0.354 e. The molecule has 2 aromatic rings. The van der Waals surface area contributed by atoms with Crippen molar-refractivity contribution < 1.29 is 14.1 Å². The molecule has 0 bridgehead atoms. The van der Waals surface area contributed by atoms with E-state index in [0.29, 0.717) is 11.5 Å². The van der Waals surface area contributed by atoms with E-state index >= 15 is 0 Å². The molecule has 4 N–H and O–H groups in total. The largest absolute Gasteiger partial charge is 0.389 e. The lowest BCUT2D eigenvalue weighted by atomic mass is 10.0. The van der Waals surface area contributed by atoms with Crippen LogP contribution in [-0.4, -0.2) is 20.3 Å². The van der Waals surface area contributed by atoms with Crippen molar-refractivity contribution in [3.63, 3.8) is 0 Å². The number of aryl methyl sites for hydroxylation is 1. The van der Waals surface area contributed by atoms with Gasteiger partial charge in [0.1, 0.15) is 4.21 Å². The van der Waals surface area contributed by atoms with Gasteiger partial charge in [0, 0.05) is 11.4 Å². The van der Waals surface area contributed by atoms with E-state index in [1.807, 2.05) is 0 Å². The van der Waals surface area contributed by atoms with Crippen molar-refractivity contribution in [3.8, 4) is 0 Å². The summed E-state index contributed by atoms with van der Waals surface area (Å²) < 4.78 is 16.9. The van der Waals surface area contributed by atoms with E-state index in [4.69, 9.17) is 10.1 Å². The minimum absolute atomic E-state index is 0.275. The smallest absolute Gasteiger partial charge is 0.354 e. The molecule has 0 spiro atoms. The average molecular weight is 421 g/mol. The number of aliphatic hydroxyl groups is 1. The first-order valence-corrected chi connectivity index (χ1v) is 11.9. The Bertz CT molecular complexity index is 1070. The monoisotopic (exact) mass is 420 g/mol. The van der Waals surface area contributed by atoms with Gasteiger partial charge in [-0.15, -0.1) is 15.7 Å². The molecule has 0 fully saturated rings. The van der Waals surface area contributed by atoms with Gasteiger partial charge in [-0.05, 0) is 73.1 Å². The molecule has 0 saturated carbocycles. The number of hydrogen-bond acceptors (Lipinski definition) is 5. The van der Waals surface area contributed by atoms with Crippen LogP contribution in [0.5, 0.6) is 0 Å². The molecule has 3 atom stereocenters. The zero-order chi connectivity index (χ0) is 20.1. The molecule has 7 nitrogen and oxygen atoms in total. The van der Waals surface area contributed by atoms with Gasteiger partial charge in [-0.1, -0.05) is 6.92 Å². The van der Waals surface area contributed by atoms with Gasteiger partial charge in [0.15, 0.2) is 9.92 Å².